The molecule has 4 rings (SSSR count). The largest absolute Gasteiger partial charge is 0.423 e. The van der Waals surface area contributed by atoms with Crippen LogP contribution in [-0.2, 0) is 6.54 Å². The summed E-state index contributed by atoms with van der Waals surface area (Å²) in [6, 6.07) is 6.51. The van der Waals surface area contributed by atoms with Crippen molar-refractivity contribution < 1.29 is 8.83 Å². The molecule has 1 aromatic carbocycles. The minimum atomic E-state index is 0.301. The Balaban J connectivity index is 1.46. The van der Waals surface area contributed by atoms with E-state index in [9.17, 15) is 0 Å². The van der Waals surface area contributed by atoms with E-state index in [-0.39, 0.29) is 0 Å². The molecule has 0 spiro atoms. The molecular weight excluding hydrogens is 294 g/mol. The molecule has 0 radical (unpaired) electrons. The molecule has 1 unspecified atom stereocenters. The van der Waals surface area contributed by atoms with Crippen LogP contribution in [0.5, 0.6) is 0 Å². The standard InChI is InChI=1S/C16H19N5O2/c1-10-3-4-13-12(7-10)17-15(22-13)18-16-20-19-14(23-16)9-21-6-5-11(2)8-21/h3-4,7,11H,5-6,8-9H2,1-2H3,(H,17,18,20). The van der Waals surface area contributed by atoms with Crippen molar-refractivity contribution in [3.05, 3.63) is 29.7 Å². The zero-order chi connectivity index (χ0) is 15.8. The van der Waals surface area contributed by atoms with Gasteiger partial charge < -0.3 is 8.83 Å². The Morgan fingerprint density at radius 2 is 2.17 bits per heavy atom. The number of rotatable bonds is 4. The molecule has 0 amide bonds. The van der Waals surface area contributed by atoms with Crippen molar-refractivity contribution >= 4 is 23.1 Å². The fourth-order valence-corrected chi connectivity index (χ4v) is 2.91. The van der Waals surface area contributed by atoms with Crippen LogP contribution in [-0.4, -0.2) is 33.2 Å². The topological polar surface area (TPSA) is 80.2 Å². The van der Waals surface area contributed by atoms with E-state index >= 15 is 0 Å². The van der Waals surface area contributed by atoms with Gasteiger partial charge in [-0.25, -0.2) is 0 Å². The van der Waals surface area contributed by atoms with E-state index in [1.54, 1.807) is 0 Å². The number of likely N-dealkylation sites (tertiary alicyclic amines) is 1. The number of anilines is 2. The summed E-state index contributed by atoms with van der Waals surface area (Å²) in [4.78, 5) is 6.70. The number of benzene rings is 1. The SMILES string of the molecule is Cc1ccc2oc(Nc3nnc(CN4CCC(C)C4)o3)nc2c1. The molecule has 2 aromatic heterocycles. The second-order valence-corrected chi connectivity index (χ2v) is 6.25. The van der Waals surface area contributed by atoms with Crippen LogP contribution in [0.3, 0.4) is 0 Å². The highest BCUT2D eigenvalue weighted by atomic mass is 16.4. The minimum Gasteiger partial charge on any atom is -0.423 e. The zero-order valence-electron chi connectivity index (χ0n) is 13.2. The van der Waals surface area contributed by atoms with Crippen molar-refractivity contribution in [2.45, 2.75) is 26.8 Å². The fourth-order valence-electron chi connectivity index (χ4n) is 2.91. The number of hydrogen-bond donors (Lipinski definition) is 1. The first kappa shape index (κ1) is 14.2. The molecular formula is C16H19N5O2. The number of fused-ring (bicyclic) bond motifs is 1. The van der Waals surface area contributed by atoms with Crippen molar-refractivity contribution in [1.82, 2.24) is 20.1 Å². The molecule has 1 fully saturated rings. The Morgan fingerprint density at radius 3 is 3.00 bits per heavy atom. The highest BCUT2D eigenvalue weighted by Crippen LogP contribution is 2.23. The maximum Gasteiger partial charge on any atom is 0.323 e. The van der Waals surface area contributed by atoms with Gasteiger partial charge in [0, 0.05) is 6.54 Å². The Bertz CT molecular complexity index is 825. The van der Waals surface area contributed by atoms with Gasteiger partial charge in [-0.2, -0.15) is 4.98 Å². The Labute approximate surface area is 133 Å². The summed E-state index contributed by atoms with van der Waals surface area (Å²) >= 11 is 0. The third kappa shape index (κ3) is 3.05. The molecule has 1 aliphatic rings. The van der Waals surface area contributed by atoms with Gasteiger partial charge in [0.2, 0.25) is 5.89 Å². The average molecular weight is 313 g/mol. The predicted molar refractivity (Wildman–Crippen MR) is 85.4 cm³/mol. The van der Waals surface area contributed by atoms with Gasteiger partial charge in [0.15, 0.2) is 5.58 Å². The van der Waals surface area contributed by atoms with Crippen LogP contribution >= 0.6 is 0 Å². The van der Waals surface area contributed by atoms with Gasteiger partial charge in [0.25, 0.3) is 0 Å². The summed E-state index contributed by atoms with van der Waals surface area (Å²) in [5.41, 5.74) is 2.67. The molecule has 1 atom stereocenters. The number of oxazole rings is 1. The lowest BCUT2D eigenvalue weighted by atomic mass is 10.2. The normalized spacial score (nSPS) is 18.8. The second kappa shape index (κ2) is 5.66. The molecule has 0 bridgehead atoms. The van der Waals surface area contributed by atoms with Gasteiger partial charge in [0.05, 0.1) is 6.54 Å². The smallest absolute Gasteiger partial charge is 0.323 e. The maximum absolute atomic E-state index is 5.63. The fraction of sp³-hybridized carbons (Fsp3) is 0.438. The summed E-state index contributed by atoms with van der Waals surface area (Å²) in [5.74, 6) is 1.34. The van der Waals surface area contributed by atoms with Crippen LogP contribution in [0.4, 0.5) is 12.0 Å². The number of nitrogens with zero attached hydrogens (tertiary/aromatic N) is 4. The summed E-state index contributed by atoms with van der Waals surface area (Å²) < 4.78 is 11.3. The molecule has 0 saturated carbocycles. The molecule has 0 aliphatic carbocycles. The number of nitrogens with one attached hydrogen (secondary N) is 1. The quantitative estimate of drug-likeness (QED) is 0.792. The van der Waals surface area contributed by atoms with E-state index in [0.29, 0.717) is 24.5 Å². The molecule has 3 heterocycles. The van der Waals surface area contributed by atoms with Crippen LogP contribution in [0.2, 0.25) is 0 Å². The summed E-state index contributed by atoms with van der Waals surface area (Å²) in [6.07, 6.45) is 1.22. The van der Waals surface area contributed by atoms with E-state index in [0.717, 1.165) is 35.7 Å². The van der Waals surface area contributed by atoms with Gasteiger partial charge in [-0.1, -0.05) is 18.1 Å². The molecule has 7 heteroatoms. The van der Waals surface area contributed by atoms with Crippen molar-refractivity contribution in [1.29, 1.82) is 0 Å². The lowest BCUT2D eigenvalue weighted by Crippen LogP contribution is -2.19. The summed E-state index contributed by atoms with van der Waals surface area (Å²) in [7, 11) is 0. The second-order valence-electron chi connectivity index (χ2n) is 6.25. The van der Waals surface area contributed by atoms with Crippen LogP contribution in [0.1, 0.15) is 24.8 Å². The van der Waals surface area contributed by atoms with Crippen LogP contribution in [0.25, 0.3) is 11.1 Å². The number of aromatic nitrogens is 3. The highest BCUT2D eigenvalue weighted by molar-refractivity contribution is 5.75. The van der Waals surface area contributed by atoms with Gasteiger partial charge in [-0.15, -0.1) is 5.10 Å². The lowest BCUT2D eigenvalue weighted by Gasteiger charge is -2.11. The third-order valence-electron chi connectivity index (χ3n) is 4.09. The summed E-state index contributed by atoms with van der Waals surface area (Å²) in [5, 5.41) is 11.0. The Kier molecular flexibility index (Phi) is 3.49. The zero-order valence-corrected chi connectivity index (χ0v) is 13.2. The van der Waals surface area contributed by atoms with Gasteiger partial charge in [0.1, 0.15) is 5.52 Å². The monoisotopic (exact) mass is 313 g/mol. The molecule has 3 aromatic rings. The van der Waals surface area contributed by atoms with Gasteiger partial charge in [-0.3, -0.25) is 10.2 Å². The average Bonchev–Trinajstić information content (AvgIpc) is 3.20. The van der Waals surface area contributed by atoms with Crippen LogP contribution in [0.15, 0.2) is 27.0 Å². The Morgan fingerprint density at radius 1 is 1.26 bits per heavy atom. The Hall–Kier alpha value is -2.41. The molecule has 23 heavy (non-hydrogen) atoms. The van der Waals surface area contributed by atoms with Gasteiger partial charge >= 0.3 is 12.0 Å². The first-order chi connectivity index (χ1) is 11.2. The molecule has 7 nitrogen and oxygen atoms in total. The van der Waals surface area contributed by atoms with E-state index in [4.69, 9.17) is 8.83 Å². The van der Waals surface area contributed by atoms with Crippen molar-refractivity contribution in [2.24, 2.45) is 5.92 Å². The predicted octanol–water partition coefficient (Wildman–Crippen LogP) is 3.10. The minimum absolute atomic E-state index is 0.301. The van der Waals surface area contributed by atoms with E-state index in [1.165, 1.54) is 6.42 Å². The molecule has 120 valence electrons. The van der Waals surface area contributed by atoms with Crippen molar-refractivity contribution in [2.75, 3.05) is 18.4 Å². The number of aryl methyl sites for hydroxylation is 1. The molecule has 1 N–H and O–H groups in total. The van der Waals surface area contributed by atoms with E-state index < -0.39 is 0 Å². The van der Waals surface area contributed by atoms with Crippen molar-refractivity contribution in [3.8, 4) is 0 Å². The first-order valence-corrected chi connectivity index (χ1v) is 7.85. The molecule has 1 aliphatic heterocycles. The van der Waals surface area contributed by atoms with E-state index in [1.807, 2.05) is 25.1 Å². The molecule has 1 saturated heterocycles. The maximum atomic E-state index is 5.63. The first-order valence-electron chi connectivity index (χ1n) is 7.85. The van der Waals surface area contributed by atoms with Gasteiger partial charge in [-0.05, 0) is 43.5 Å². The van der Waals surface area contributed by atoms with Crippen LogP contribution < -0.4 is 5.32 Å². The summed E-state index contributed by atoms with van der Waals surface area (Å²) in [6.45, 7) is 7.12. The number of hydrogen-bond acceptors (Lipinski definition) is 7. The van der Waals surface area contributed by atoms with E-state index in [2.05, 4.69) is 32.3 Å². The van der Waals surface area contributed by atoms with Crippen molar-refractivity contribution in [3.63, 3.8) is 0 Å². The third-order valence-corrected chi connectivity index (χ3v) is 4.09. The highest BCUT2D eigenvalue weighted by Gasteiger charge is 2.21. The van der Waals surface area contributed by atoms with Crippen LogP contribution in [0, 0.1) is 12.8 Å². The lowest BCUT2D eigenvalue weighted by molar-refractivity contribution is 0.284.